The number of carbonyl (C=O) groups is 1. The van der Waals surface area contributed by atoms with Crippen LogP contribution in [0.25, 0.3) is 9.88 Å². The van der Waals surface area contributed by atoms with Crippen LogP contribution in [0.15, 0.2) is 41.8 Å². The van der Waals surface area contributed by atoms with Gasteiger partial charge in [0.05, 0.1) is 10.6 Å². The minimum atomic E-state index is 0.0309. The zero-order valence-corrected chi connectivity index (χ0v) is 15.0. The summed E-state index contributed by atoms with van der Waals surface area (Å²) in [7, 11) is 1.84. The van der Waals surface area contributed by atoms with Gasteiger partial charge in [-0.15, -0.1) is 22.7 Å². The predicted molar refractivity (Wildman–Crippen MR) is 97.1 cm³/mol. The Kier molecular flexibility index (Phi) is 4.59. The lowest BCUT2D eigenvalue weighted by Gasteiger charge is -2.16. The molecule has 0 N–H and O–H groups in total. The molecule has 0 spiro atoms. The third-order valence-corrected chi connectivity index (χ3v) is 5.79. The third kappa shape index (κ3) is 3.51. The number of thiophene rings is 1. The average molecular weight is 342 g/mol. The minimum Gasteiger partial charge on any atom is -0.337 e. The van der Waals surface area contributed by atoms with Crippen LogP contribution in [0.3, 0.4) is 0 Å². The third-order valence-electron chi connectivity index (χ3n) is 3.61. The lowest BCUT2D eigenvalue weighted by atomic mass is 10.1. The first-order valence-corrected chi connectivity index (χ1v) is 9.06. The molecular weight excluding hydrogens is 324 g/mol. The summed E-state index contributed by atoms with van der Waals surface area (Å²) in [4.78, 5) is 20.9. The van der Waals surface area contributed by atoms with Gasteiger partial charge >= 0.3 is 0 Å². The van der Waals surface area contributed by atoms with E-state index in [1.54, 1.807) is 16.2 Å². The van der Waals surface area contributed by atoms with Crippen LogP contribution in [-0.4, -0.2) is 22.8 Å². The molecule has 5 heteroatoms. The number of hydrogen-bond donors (Lipinski definition) is 0. The van der Waals surface area contributed by atoms with Crippen molar-refractivity contribution in [3.63, 3.8) is 0 Å². The molecule has 0 aliphatic rings. The number of benzene rings is 1. The predicted octanol–water partition coefficient (Wildman–Crippen LogP) is 4.76. The number of aryl methyl sites for hydroxylation is 2. The van der Waals surface area contributed by atoms with E-state index in [4.69, 9.17) is 0 Å². The molecule has 3 aromatic rings. The first-order chi connectivity index (χ1) is 11.0. The fourth-order valence-corrected chi connectivity index (χ4v) is 4.17. The molecular formula is C18H18N2OS2. The first kappa shape index (κ1) is 15.9. The van der Waals surface area contributed by atoms with Crippen LogP contribution in [-0.2, 0) is 6.54 Å². The zero-order valence-electron chi connectivity index (χ0n) is 13.4. The second-order valence-electron chi connectivity index (χ2n) is 5.56. The van der Waals surface area contributed by atoms with Crippen molar-refractivity contribution in [2.45, 2.75) is 20.4 Å². The Bertz CT molecular complexity index is 804. The van der Waals surface area contributed by atoms with Gasteiger partial charge in [0.1, 0.15) is 9.88 Å². The molecule has 3 nitrogen and oxygen atoms in total. The van der Waals surface area contributed by atoms with E-state index in [0.29, 0.717) is 6.54 Å². The number of carbonyl (C=O) groups excluding carboxylic acids is 1. The van der Waals surface area contributed by atoms with E-state index in [0.717, 1.165) is 26.0 Å². The average Bonchev–Trinajstić information content (AvgIpc) is 3.18. The minimum absolute atomic E-state index is 0.0309. The maximum absolute atomic E-state index is 12.7. The van der Waals surface area contributed by atoms with Crippen molar-refractivity contribution in [3.05, 3.63) is 63.5 Å². The highest BCUT2D eigenvalue weighted by Crippen LogP contribution is 2.31. The second kappa shape index (κ2) is 6.64. The zero-order chi connectivity index (χ0) is 16.4. The molecule has 0 fully saturated rings. The van der Waals surface area contributed by atoms with Gasteiger partial charge in [-0.2, -0.15) is 0 Å². The van der Waals surface area contributed by atoms with E-state index in [1.807, 2.05) is 31.5 Å². The number of amides is 1. The molecule has 0 saturated heterocycles. The highest BCUT2D eigenvalue weighted by Gasteiger charge is 2.20. The van der Waals surface area contributed by atoms with Gasteiger partial charge in [-0.1, -0.05) is 35.9 Å². The van der Waals surface area contributed by atoms with Crippen LogP contribution < -0.4 is 0 Å². The van der Waals surface area contributed by atoms with Crippen LogP contribution >= 0.6 is 22.7 Å². The Morgan fingerprint density at radius 1 is 1.17 bits per heavy atom. The van der Waals surface area contributed by atoms with E-state index in [1.165, 1.54) is 16.9 Å². The Balaban J connectivity index is 1.78. The molecule has 0 saturated carbocycles. The molecule has 1 amide bonds. The van der Waals surface area contributed by atoms with E-state index in [-0.39, 0.29) is 5.91 Å². The van der Waals surface area contributed by atoms with Gasteiger partial charge in [0.25, 0.3) is 5.91 Å². The second-order valence-corrected chi connectivity index (χ2v) is 7.50. The molecule has 0 aliphatic carbocycles. The molecule has 1 aromatic carbocycles. The number of aromatic nitrogens is 1. The van der Waals surface area contributed by atoms with E-state index in [9.17, 15) is 4.79 Å². The van der Waals surface area contributed by atoms with Gasteiger partial charge in [-0.25, -0.2) is 4.98 Å². The monoisotopic (exact) mass is 342 g/mol. The summed E-state index contributed by atoms with van der Waals surface area (Å²) < 4.78 is 0. The van der Waals surface area contributed by atoms with Gasteiger partial charge in [0.15, 0.2) is 0 Å². The Labute approximate surface area is 144 Å². The van der Waals surface area contributed by atoms with Crippen molar-refractivity contribution >= 4 is 28.6 Å². The summed E-state index contributed by atoms with van der Waals surface area (Å²) in [6.07, 6.45) is 0. The quantitative estimate of drug-likeness (QED) is 0.685. The van der Waals surface area contributed by atoms with Crippen molar-refractivity contribution in [3.8, 4) is 9.88 Å². The summed E-state index contributed by atoms with van der Waals surface area (Å²) in [5.74, 6) is 0.0309. The number of rotatable bonds is 4. The van der Waals surface area contributed by atoms with Crippen molar-refractivity contribution in [1.82, 2.24) is 9.88 Å². The summed E-state index contributed by atoms with van der Waals surface area (Å²) in [6.45, 7) is 4.57. The van der Waals surface area contributed by atoms with Crippen LogP contribution in [0.5, 0.6) is 0 Å². The van der Waals surface area contributed by atoms with Crippen molar-refractivity contribution in [2.75, 3.05) is 7.05 Å². The van der Waals surface area contributed by atoms with Crippen LogP contribution in [0.2, 0.25) is 0 Å². The first-order valence-electron chi connectivity index (χ1n) is 7.37. The van der Waals surface area contributed by atoms with Gasteiger partial charge in [0.2, 0.25) is 0 Å². The highest BCUT2D eigenvalue weighted by atomic mass is 32.1. The Morgan fingerprint density at radius 2 is 1.91 bits per heavy atom. The van der Waals surface area contributed by atoms with Crippen LogP contribution in [0.4, 0.5) is 0 Å². The van der Waals surface area contributed by atoms with Gasteiger partial charge in [0, 0.05) is 13.6 Å². The Morgan fingerprint density at radius 3 is 2.57 bits per heavy atom. The molecule has 0 atom stereocenters. The molecule has 0 radical (unpaired) electrons. The molecule has 118 valence electrons. The normalized spacial score (nSPS) is 10.7. The fraction of sp³-hybridized carbons (Fsp3) is 0.222. The molecule has 2 heterocycles. The summed E-state index contributed by atoms with van der Waals surface area (Å²) in [5, 5.41) is 2.95. The molecule has 3 rings (SSSR count). The standard InChI is InChI=1S/C18H18N2OS2/c1-12-6-8-14(9-7-12)11-20(3)18(21)16-13(2)19-17(23-16)15-5-4-10-22-15/h4-10H,11H2,1-3H3. The largest absolute Gasteiger partial charge is 0.337 e. The number of hydrogen-bond acceptors (Lipinski definition) is 4. The van der Waals surface area contributed by atoms with E-state index >= 15 is 0 Å². The van der Waals surface area contributed by atoms with Gasteiger partial charge in [-0.3, -0.25) is 4.79 Å². The molecule has 2 aromatic heterocycles. The lowest BCUT2D eigenvalue weighted by molar-refractivity contribution is 0.0789. The van der Waals surface area contributed by atoms with Crippen molar-refractivity contribution < 1.29 is 4.79 Å². The molecule has 23 heavy (non-hydrogen) atoms. The van der Waals surface area contributed by atoms with Gasteiger partial charge in [-0.05, 0) is 30.9 Å². The maximum Gasteiger partial charge on any atom is 0.265 e. The van der Waals surface area contributed by atoms with Crippen LogP contribution in [0.1, 0.15) is 26.5 Å². The van der Waals surface area contributed by atoms with Crippen molar-refractivity contribution in [2.24, 2.45) is 0 Å². The highest BCUT2D eigenvalue weighted by molar-refractivity contribution is 7.22. The SMILES string of the molecule is Cc1ccc(CN(C)C(=O)c2sc(-c3cccs3)nc2C)cc1. The molecule has 0 bridgehead atoms. The number of nitrogens with zero attached hydrogens (tertiary/aromatic N) is 2. The van der Waals surface area contributed by atoms with E-state index in [2.05, 4.69) is 36.2 Å². The smallest absolute Gasteiger partial charge is 0.265 e. The maximum atomic E-state index is 12.7. The lowest BCUT2D eigenvalue weighted by Crippen LogP contribution is -2.26. The number of thiazole rings is 1. The topological polar surface area (TPSA) is 33.2 Å². The Hall–Kier alpha value is -1.98. The summed E-state index contributed by atoms with van der Waals surface area (Å²) in [6, 6.07) is 12.3. The van der Waals surface area contributed by atoms with Gasteiger partial charge < -0.3 is 4.90 Å². The van der Waals surface area contributed by atoms with Crippen LogP contribution in [0, 0.1) is 13.8 Å². The van der Waals surface area contributed by atoms with Crippen molar-refractivity contribution in [1.29, 1.82) is 0 Å². The van der Waals surface area contributed by atoms with E-state index < -0.39 is 0 Å². The summed E-state index contributed by atoms with van der Waals surface area (Å²) in [5.41, 5.74) is 3.16. The summed E-state index contributed by atoms with van der Waals surface area (Å²) >= 11 is 3.12. The molecule has 0 unspecified atom stereocenters. The molecule has 0 aliphatic heterocycles. The fourth-order valence-electron chi connectivity index (χ4n) is 2.31.